The number of anilines is 1. The van der Waals surface area contributed by atoms with Gasteiger partial charge < -0.3 is 10.6 Å². The van der Waals surface area contributed by atoms with E-state index in [0.717, 1.165) is 11.1 Å². The Labute approximate surface area is 217 Å². The minimum absolute atomic E-state index is 0.0214. The summed E-state index contributed by atoms with van der Waals surface area (Å²) in [6.45, 7) is -0.448. The predicted octanol–water partition coefficient (Wildman–Crippen LogP) is 5.01. The van der Waals surface area contributed by atoms with Crippen LogP contribution < -0.4 is 10.6 Å². The molecule has 38 heavy (non-hydrogen) atoms. The average Bonchev–Trinajstić information content (AvgIpc) is 3.35. The summed E-state index contributed by atoms with van der Waals surface area (Å²) in [6.07, 6.45) is 0.663. The van der Waals surface area contributed by atoms with Gasteiger partial charge in [0.25, 0.3) is 0 Å². The van der Waals surface area contributed by atoms with Crippen LogP contribution >= 0.6 is 0 Å². The van der Waals surface area contributed by atoms with Crippen molar-refractivity contribution in [3.63, 3.8) is 0 Å². The highest BCUT2D eigenvalue weighted by molar-refractivity contribution is 5.95. The molecule has 0 aliphatic carbocycles. The third-order valence-corrected chi connectivity index (χ3v) is 6.11. The van der Waals surface area contributed by atoms with E-state index < -0.39 is 30.5 Å². The van der Waals surface area contributed by atoms with Crippen LogP contribution in [0.25, 0.3) is 11.1 Å². The highest BCUT2D eigenvalue weighted by atomic mass is 19.4. The van der Waals surface area contributed by atoms with Crippen LogP contribution in [0.15, 0.2) is 85.3 Å². The van der Waals surface area contributed by atoms with Gasteiger partial charge in [-0.2, -0.15) is 23.5 Å². The number of nitrogens with one attached hydrogen (secondary N) is 2. The maximum atomic E-state index is 13.8. The largest absolute Gasteiger partial charge is 0.396 e. The number of amides is 1. The molecule has 2 aromatic carbocycles. The first-order valence-corrected chi connectivity index (χ1v) is 11.8. The van der Waals surface area contributed by atoms with Gasteiger partial charge in [-0.15, -0.1) is 0 Å². The molecule has 10 heteroatoms. The van der Waals surface area contributed by atoms with Crippen molar-refractivity contribution >= 4 is 11.7 Å². The standard InChI is InChI=1S/C28H25F3N6O/c1-37-18-23(15-35-37)22-11-12-26(34-14-22)36-27(38)24(20-5-3-2-4-6-20)16-33-17-25(28(29,30)31)21-9-7-19(13-32)8-10-21/h2-12,14-15,18,24-25,33H,16-17H2,1H3,(H,34,36,38)/t24?,25-/m1/s1. The maximum Gasteiger partial charge on any atom is 0.396 e. The number of nitriles is 1. The van der Waals surface area contributed by atoms with Gasteiger partial charge in [0.1, 0.15) is 5.82 Å². The van der Waals surface area contributed by atoms with Crippen LogP contribution in [0.2, 0.25) is 0 Å². The summed E-state index contributed by atoms with van der Waals surface area (Å²) in [7, 11) is 1.81. The van der Waals surface area contributed by atoms with E-state index in [2.05, 4.69) is 20.7 Å². The van der Waals surface area contributed by atoms with E-state index in [1.165, 1.54) is 24.3 Å². The molecule has 0 bridgehead atoms. The van der Waals surface area contributed by atoms with Gasteiger partial charge >= 0.3 is 6.18 Å². The Hall–Kier alpha value is -4.49. The van der Waals surface area contributed by atoms with Gasteiger partial charge in [-0.3, -0.25) is 9.48 Å². The van der Waals surface area contributed by atoms with E-state index in [0.29, 0.717) is 11.4 Å². The number of rotatable bonds is 9. The van der Waals surface area contributed by atoms with E-state index in [1.807, 2.05) is 19.3 Å². The number of alkyl halides is 3. The summed E-state index contributed by atoms with van der Waals surface area (Å²) in [5.41, 5.74) is 2.70. The topological polar surface area (TPSA) is 95.6 Å². The normalized spacial score (nSPS) is 12.9. The third kappa shape index (κ3) is 6.63. The fraction of sp³-hybridized carbons (Fsp3) is 0.214. The minimum atomic E-state index is -4.51. The Morgan fingerprint density at radius 2 is 1.71 bits per heavy atom. The van der Waals surface area contributed by atoms with Gasteiger partial charge in [0.15, 0.2) is 0 Å². The number of hydrogen-bond donors (Lipinski definition) is 2. The van der Waals surface area contributed by atoms with E-state index >= 15 is 0 Å². The van der Waals surface area contributed by atoms with Crippen molar-refractivity contribution in [1.82, 2.24) is 20.1 Å². The zero-order chi connectivity index (χ0) is 27.1. The Balaban J connectivity index is 1.46. The van der Waals surface area contributed by atoms with Crippen LogP contribution in [0, 0.1) is 11.3 Å². The van der Waals surface area contributed by atoms with Crippen LogP contribution in [0.1, 0.15) is 28.5 Å². The summed E-state index contributed by atoms with van der Waals surface area (Å²) in [4.78, 5) is 17.5. The van der Waals surface area contributed by atoms with Crippen molar-refractivity contribution in [2.24, 2.45) is 7.05 Å². The molecular weight excluding hydrogens is 493 g/mol. The smallest absolute Gasteiger partial charge is 0.315 e. The number of aryl methyl sites for hydroxylation is 1. The third-order valence-electron chi connectivity index (χ3n) is 6.11. The van der Waals surface area contributed by atoms with Gasteiger partial charge in [0, 0.05) is 43.7 Å². The van der Waals surface area contributed by atoms with Crippen LogP contribution in [0.5, 0.6) is 0 Å². The average molecular weight is 519 g/mol. The minimum Gasteiger partial charge on any atom is -0.315 e. The number of pyridine rings is 1. The first-order chi connectivity index (χ1) is 18.2. The molecule has 0 spiro atoms. The van der Waals surface area contributed by atoms with Crippen LogP contribution in [-0.4, -0.2) is 39.9 Å². The summed E-state index contributed by atoms with van der Waals surface area (Å²) >= 11 is 0. The van der Waals surface area contributed by atoms with Crippen LogP contribution in [0.4, 0.5) is 19.0 Å². The molecule has 0 aliphatic rings. The van der Waals surface area contributed by atoms with E-state index in [9.17, 15) is 18.0 Å². The molecule has 194 valence electrons. The molecule has 7 nitrogen and oxygen atoms in total. The maximum absolute atomic E-state index is 13.8. The number of carbonyl (C=O) groups excluding carboxylic acids is 1. The molecule has 0 saturated heterocycles. The molecule has 4 rings (SSSR count). The number of aromatic nitrogens is 3. The van der Waals surface area contributed by atoms with Gasteiger partial charge in [0.2, 0.25) is 5.91 Å². The number of nitrogens with zero attached hydrogens (tertiary/aromatic N) is 4. The van der Waals surface area contributed by atoms with Crippen molar-refractivity contribution < 1.29 is 18.0 Å². The number of benzene rings is 2. The molecule has 0 saturated carbocycles. The summed E-state index contributed by atoms with van der Waals surface area (Å²) < 4.78 is 43.2. The van der Waals surface area contributed by atoms with Gasteiger partial charge in [-0.25, -0.2) is 4.98 Å². The van der Waals surface area contributed by atoms with Crippen molar-refractivity contribution in [3.8, 4) is 17.2 Å². The summed E-state index contributed by atoms with van der Waals surface area (Å²) in [6, 6.07) is 19.6. The highest BCUT2D eigenvalue weighted by Crippen LogP contribution is 2.34. The SMILES string of the molecule is Cn1cc(-c2ccc(NC(=O)C(CNC[C@H](c3ccc(C#N)cc3)C(F)(F)F)c3ccccc3)nc2)cn1. The van der Waals surface area contributed by atoms with Crippen molar-refractivity contribution in [2.45, 2.75) is 18.0 Å². The molecule has 2 atom stereocenters. The Bertz CT molecular complexity index is 1390. The quantitative estimate of drug-likeness (QED) is 0.325. The second kappa shape index (κ2) is 11.7. The lowest BCUT2D eigenvalue weighted by atomic mass is 9.95. The van der Waals surface area contributed by atoms with E-state index in [-0.39, 0.29) is 17.7 Å². The predicted molar refractivity (Wildman–Crippen MR) is 137 cm³/mol. The Morgan fingerprint density at radius 3 is 2.29 bits per heavy atom. The molecule has 2 N–H and O–H groups in total. The van der Waals surface area contributed by atoms with Gasteiger partial charge in [-0.1, -0.05) is 42.5 Å². The zero-order valence-electron chi connectivity index (χ0n) is 20.5. The van der Waals surface area contributed by atoms with E-state index in [4.69, 9.17) is 5.26 Å². The highest BCUT2D eigenvalue weighted by Gasteiger charge is 2.40. The van der Waals surface area contributed by atoms with Crippen molar-refractivity contribution in [2.75, 3.05) is 18.4 Å². The second-order valence-corrected chi connectivity index (χ2v) is 8.77. The lowest BCUT2D eigenvalue weighted by molar-refractivity contribution is -0.149. The molecule has 4 aromatic rings. The molecule has 0 aliphatic heterocycles. The molecule has 2 heterocycles. The van der Waals surface area contributed by atoms with E-state index in [1.54, 1.807) is 59.5 Å². The Morgan fingerprint density at radius 1 is 0.974 bits per heavy atom. The fourth-order valence-corrected chi connectivity index (χ4v) is 4.05. The molecule has 0 radical (unpaired) electrons. The van der Waals surface area contributed by atoms with Gasteiger partial charge in [0.05, 0.1) is 29.7 Å². The molecule has 1 amide bonds. The molecule has 2 aromatic heterocycles. The Kier molecular flexibility index (Phi) is 8.19. The van der Waals surface area contributed by atoms with Gasteiger partial charge in [-0.05, 0) is 35.4 Å². The zero-order valence-corrected chi connectivity index (χ0v) is 20.5. The number of halogens is 3. The van der Waals surface area contributed by atoms with Crippen LogP contribution in [0.3, 0.4) is 0 Å². The number of hydrogen-bond acceptors (Lipinski definition) is 5. The first-order valence-electron chi connectivity index (χ1n) is 11.8. The first kappa shape index (κ1) is 26.6. The van der Waals surface area contributed by atoms with Crippen molar-refractivity contribution in [3.05, 3.63) is 102 Å². The summed E-state index contributed by atoms with van der Waals surface area (Å²) in [5, 5.41) is 18.7. The monoisotopic (exact) mass is 518 g/mol. The van der Waals surface area contributed by atoms with Crippen molar-refractivity contribution in [1.29, 1.82) is 5.26 Å². The lowest BCUT2D eigenvalue weighted by Gasteiger charge is -2.23. The second-order valence-electron chi connectivity index (χ2n) is 8.77. The lowest BCUT2D eigenvalue weighted by Crippen LogP contribution is -2.36. The van der Waals surface area contributed by atoms with Crippen LogP contribution in [-0.2, 0) is 11.8 Å². The molecule has 0 fully saturated rings. The molecular formula is C28H25F3N6O. The summed E-state index contributed by atoms with van der Waals surface area (Å²) in [5.74, 6) is -2.62. The molecule has 1 unspecified atom stereocenters. The number of carbonyl (C=O) groups is 1. The fourth-order valence-electron chi connectivity index (χ4n) is 4.05.